The number of rotatable bonds is 2. The maximum atomic E-state index is 13.7. The predicted octanol–water partition coefficient (Wildman–Crippen LogP) is 3.03. The highest BCUT2D eigenvalue weighted by atomic mass is 35.5. The normalized spacial score (nSPS) is 18.2. The minimum atomic E-state index is -0.544. The molecule has 0 radical (unpaired) electrons. The summed E-state index contributed by atoms with van der Waals surface area (Å²) in [7, 11) is 0. The lowest BCUT2D eigenvalue weighted by atomic mass is 9.87. The van der Waals surface area contributed by atoms with Crippen molar-refractivity contribution in [2.75, 3.05) is 13.2 Å². The first-order chi connectivity index (χ1) is 8.11. The molecule has 1 saturated heterocycles. The van der Waals surface area contributed by atoms with Gasteiger partial charge in [-0.25, -0.2) is 4.39 Å². The van der Waals surface area contributed by atoms with E-state index in [0.717, 1.165) is 12.8 Å². The van der Waals surface area contributed by atoms with Crippen LogP contribution in [0.2, 0.25) is 5.02 Å². The molecule has 1 aliphatic heterocycles. The molecule has 0 saturated carbocycles. The third-order valence-electron chi connectivity index (χ3n) is 3.22. The number of halogens is 3. The van der Waals surface area contributed by atoms with Crippen LogP contribution in [0.3, 0.4) is 0 Å². The van der Waals surface area contributed by atoms with Crippen molar-refractivity contribution in [1.82, 2.24) is 0 Å². The molecule has 102 valence electrons. The van der Waals surface area contributed by atoms with E-state index in [1.807, 2.05) is 0 Å². The van der Waals surface area contributed by atoms with Crippen molar-refractivity contribution in [2.24, 2.45) is 11.7 Å². The molecule has 1 aromatic carbocycles. The van der Waals surface area contributed by atoms with Gasteiger partial charge in [-0.1, -0.05) is 11.6 Å². The number of phenolic OH excluding ortho intramolecular Hbond substituents is 1. The van der Waals surface area contributed by atoms with Crippen LogP contribution < -0.4 is 5.73 Å². The number of hydrogen-bond donors (Lipinski definition) is 2. The highest BCUT2D eigenvalue weighted by Crippen LogP contribution is 2.38. The number of benzene rings is 1. The van der Waals surface area contributed by atoms with E-state index in [2.05, 4.69) is 0 Å². The zero-order chi connectivity index (χ0) is 12.4. The number of ether oxygens (including phenoxy) is 1. The standard InChI is InChI=1S/C12H15ClFNO2.ClH/c13-8-1-2-9(14)10(12(8)16)11(15)7-3-5-17-6-4-7;/h1-2,7,11,16H,3-6,15H2;1H/t11-;/m1./s1. The van der Waals surface area contributed by atoms with Crippen LogP contribution in [0.15, 0.2) is 12.1 Å². The van der Waals surface area contributed by atoms with Gasteiger partial charge in [-0.2, -0.15) is 0 Å². The monoisotopic (exact) mass is 295 g/mol. The molecule has 0 aliphatic carbocycles. The van der Waals surface area contributed by atoms with E-state index in [-0.39, 0.29) is 34.7 Å². The van der Waals surface area contributed by atoms with Crippen LogP contribution in [-0.2, 0) is 4.74 Å². The molecule has 0 bridgehead atoms. The molecular weight excluding hydrogens is 280 g/mol. The molecule has 2 rings (SSSR count). The Morgan fingerprint density at radius 3 is 2.61 bits per heavy atom. The van der Waals surface area contributed by atoms with Crippen molar-refractivity contribution in [3.05, 3.63) is 28.5 Å². The molecule has 18 heavy (non-hydrogen) atoms. The molecule has 0 aromatic heterocycles. The van der Waals surface area contributed by atoms with Crippen molar-refractivity contribution in [1.29, 1.82) is 0 Å². The van der Waals surface area contributed by atoms with Crippen molar-refractivity contribution in [2.45, 2.75) is 18.9 Å². The van der Waals surface area contributed by atoms with E-state index in [4.69, 9.17) is 22.1 Å². The highest BCUT2D eigenvalue weighted by molar-refractivity contribution is 6.32. The zero-order valence-electron chi connectivity index (χ0n) is 9.73. The van der Waals surface area contributed by atoms with Gasteiger partial charge in [0, 0.05) is 24.8 Å². The van der Waals surface area contributed by atoms with Gasteiger partial charge in [0.1, 0.15) is 11.6 Å². The molecule has 3 nitrogen and oxygen atoms in total. The van der Waals surface area contributed by atoms with Crippen LogP contribution >= 0.6 is 24.0 Å². The Labute approximate surface area is 116 Å². The molecule has 3 N–H and O–H groups in total. The number of nitrogens with two attached hydrogens (primary N) is 1. The average Bonchev–Trinajstić information content (AvgIpc) is 2.35. The van der Waals surface area contributed by atoms with Gasteiger partial charge in [-0.15, -0.1) is 12.4 Å². The third-order valence-corrected chi connectivity index (χ3v) is 3.53. The fraction of sp³-hybridized carbons (Fsp3) is 0.500. The summed E-state index contributed by atoms with van der Waals surface area (Å²) in [6, 6.07) is 2.01. The van der Waals surface area contributed by atoms with Crippen LogP contribution in [-0.4, -0.2) is 18.3 Å². The maximum absolute atomic E-state index is 13.7. The predicted molar refractivity (Wildman–Crippen MR) is 70.8 cm³/mol. The van der Waals surface area contributed by atoms with Gasteiger partial charge < -0.3 is 15.6 Å². The second kappa shape index (κ2) is 6.57. The van der Waals surface area contributed by atoms with Crippen LogP contribution in [0.4, 0.5) is 4.39 Å². The van der Waals surface area contributed by atoms with Crippen molar-refractivity contribution in [3.63, 3.8) is 0 Å². The fourth-order valence-electron chi connectivity index (χ4n) is 2.18. The van der Waals surface area contributed by atoms with Crippen molar-refractivity contribution in [3.8, 4) is 5.75 Å². The lowest BCUT2D eigenvalue weighted by Gasteiger charge is -2.28. The molecule has 0 amide bonds. The van der Waals surface area contributed by atoms with Gasteiger partial charge in [0.15, 0.2) is 0 Å². The van der Waals surface area contributed by atoms with Crippen molar-refractivity contribution >= 4 is 24.0 Å². The van der Waals surface area contributed by atoms with E-state index in [0.29, 0.717) is 13.2 Å². The molecule has 6 heteroatoms. The summed E-state index contributed by atoms with van der Waals surface area (Å²) in [4.78, 5) is 0. The topological polar surface area (TPSA) is 55.5 Å². The summed E-state index contributed by atoms with van der Waals surface area (Å²) in [5, 5.41) is 9.92. The largest absolute Gasteiger partial charge is 0.506 e. The van der Waals surface area contributed by atoms with Gasteiger partial charge in [-0.3, -0.25) is 0 Å². The van der Waals surface area contributed by atoms with Crippen LogP contribution in [0.25, 0.3) is 0 Å². The highest BCUT2D eigenvalue weighted by Gasteiger charge is 2.27. The minimum absolute atomic E-state index is 0. The van der Waals surface area contributed by atoms with Crippen molar-refractivity contribution < 1.29 is 14.2 Å². The average molecular weight is 296 g/mol. The number of aromatic hydroxyl groups is 1. The third kappa shape index (κ3) is 3.06. The van der Waals surface area contributed by atoms with Gasteiger partial charge in [0.2, 0.25) is 0 Å². The number of hydrogen-bond acceptors (Lipinski definition) is 3. The second-order valence-electron chi connectivity index (χ2n) is 4.27. The Bertz CT molecular complexity index is 411. The van der Waals surface area contributed by atoms with Crippen LogP contribution in [0, 0.1) is 11.7 Å². The molecular formula is C12H16Cl2FNO2. The Morgan fingerprint density at radius 1 is 1.39 bits per heavy atom. The zero-order valence-corrected chi connectivity index (χ0v) is 11.3. The SMILES string of the molecule is Cl.N[C@@H](c1c(F)ccc(Cl)c1O)C1CCOCC1. The summed E-state index contributed by atoms with van der Waals surface area (Å²) in [6.07, 6.45) is 1.54. The first kappa shape index (κ1) is 15.5. The smallest absolute Gasteiger partial charge is 0.141 e. The first-order valence-corrected chi connectivity index (χ1v) is 5.99. The summed E-state index contributed by atoms with van der Waals surface area (Å²) < 4.78 is 18.9. The molecule has 0 spiro atoms. The van der Waals surface area contributed by atoms with Gasteiger partial charge in [0.25, 0.3) is 0 Å². The second-order valence-corrected chi connectivity index (χ2v) is 4.67. The van der Waals surface area contributed by atoms with E-state index >= 15 is 0 Å². The van der Waals surface area contributed by atoms with E-state index in [1.54, 1.807) is 0 Å². The van der Waals surface area contributed by atoms with E-state index < -0.39 is 11.9 Å². The van der Waals surface area contributed by atoms with Gasteiger partial charge in [-0.05, 0) is 30.9 Å². The Morgan fingerprint density at radius 2 is 2.00 bits per heavy atom. The molecule has 0 unspecified atom stereocenters. The quantitative estimate of drug-likeness (QED) is 0.882. The first-order valence-electron chi connectivity index (χ1n) is 5.61. The molecule has 1 aromatic rings. The summed E-state index contributed by atoms with van der Waals surface area (Å²) in [5.41, 5.74) is 6.14. The molecule has 1 atom stereocenters. The lowest BCUT2D eigenvalue weighted by molar-refractivity contribution is 0.0577. The van der Waals surface area contributed by atoms with Gasteiger partial charge in [0.05, 0.1) is 5.02 Å². The maximum Gasteiger partial charge on any atom is 0.141 e. The van der Waals surface area contributed by atoms with E-state index in [9.17, 15) is 9.50 Å². The van der Waals surface area contributed by atoms with Crippen LogP contribution in [0.1, 0.15) is 24.4 Å². The summed E-state index contributed by atoms with van der Waals surface area (Å²) in [5.74, 6) is -0.640. The fourth-order valence-corrected chi connectivity index (χ4v) is 2.35. The molecule has 1 aliphatic rings. The van der Waals surface area contributed by atoms with Crippen LogP contribution in [0.5, 0.6) is 5.75 Å². The molecule has 1 fully saturated rings. The Hall–Kier alpha value is -0.550. The lowest BCUT2D eigenvalue weighted by Crippen LogP contribution is -2.28. The van der Waals surface area contributed by atoms with E-state index in [1.165, 1.54) is 12.1 Å². The number of phenols is 1. The van der Waals surface area contributed by atoms with Gasteiger partial charge >= 0.3 is 0 Å². The summed E-state index contributed by atoms with van der Waals surface area (Å²) >= 11 is 5.77. The Balaban J connectivity index is 0.00000162. The Kier molecular flexibility index (Phi) is 5.66. The summed E-state index contributed by atoms with van der Waals surface area (Å²) in [6.45, 7) is 1.25. The minimum Gasteiger partial charge on any atom is -0.506 e. The molecule has 1 heterocycles.